The maximum absolute atomic E-state index is 5.88. The molecule has 0 aliphatic carbocycles. The predicted octanol–water partition coefficient (Wildman–Crippen LogP) is 3.17. The smallest absolute Gasteiger partial charge is 0.225 e. The third-order valence-electron chi connectivity index (χ3n) is 2.87. The molecular weight excluding hydrogens is 252 g/mol. The number of hydrogen-bond donors (Lipinski definition) is 1. The van der Waals surface area contributed by atoms with Crippen molar-refractivity contribution in [3.8, 4) is 11.6 Å². The fraction of sp³-hybridized carbons (Fsp3) is 0.133. The molecule has 0 bridgehead atoms. The van der Waals surface area contributed by atoms with Crippen LogP contribution in [-0.4, -0.2) is 22.0 Å². The van der Waals surface area contributed by atoms with E-state index in [0.717, 1.165) is 22.3 Å². The molecule has 2 aromatic heterocycles. The molecule has 0 atom stereocenters. The first kappa shape index (κ1) is 12.3. The van der Waals surface area contributed by atoms with Crippen LogP contribution in [0.3, 0.4) is 0 Å². The Morgan fingerprint density at radius 3 is 2.85 bits per heavy atom. The van der Waals surface area contributed by atoms with Crippen molar-refractivity contribution in [1.29, 1.82) is 0 Å². The molecule has 3 aromatic rings. The van der Waals surface area contributed by atoms with Crippen LogP contribution in [-0.2, 0) is 0 Å². The molecule has 0 amide bonds. The predicted molar refractivity (Wildman–Crippen MR) is 78.1 cm³/mol. The van der Waals surface area contributed by atoms with Gasteiger partial charge >= 0.3 is 0 Å². The Morgan fingerprint density at radius 2 is 2.00 bits per heavy atom. The molecule has 1 N–H and O–H groups in total. The molecule has 0 fully saturated rings. The largest absolute Gasteiger partial charge is 0.438 e. The van der Waals surface area contributed by atoms with E-state index in [9.17, 15) is 0 Å². The van der Waals surface area contributed by atoms with Crippen molar-refractivity contribution in [2.24, 2.45) is 0 Å². The van der Waals surface area contributed by atoms with E-state index in [-0.39, 0.29) is 0 Å². The molecular formula is C15H14N4O. The van der Waals surface area contributed by atoms with Gasteiger partial charge in [0.05, 0.1) is 5.52 Å². The summed E-state index contributed by atoms with van der Waals surface area (Å²) in [4.78, 5) is 12.8. The molecule has 0 aliphatic heterocycles. The van der Waals surface area contributed by atoms with E-state index in [1.165, 1.54) is 0 Å². The van der Waals surface area contributed by atoms with Gasteiger partial charge in [0.2, 0.25) is 11.8 Å². The highest BCUT2D eigenvalue weighted by molar-refractivity contribution is 5.85. The second kappa shape index (κ2) is 5.13. The average Bonchev–Trinajstić information content (AvgIpc) is 2.47. The highest BCUT2D eigenvalue weighted by Crippen LogP contribution is 2.28. The zero-order valence-electron chi connectivity index (χ0n) is 11.3. The molecule has 100 valence electrons. The Hall–Kier alpha value is -2.69. The quantitative estimate of drug-likeness (QED) is 0.789. The van der Waals surface area contributed by atoms with E-state index < -0.39 is 0 Å². The maximum Gasteiger partial charge on any atom is 0.225 e. The topological polar surface area (TPSA) is 59.9 Å². The van der Waals surface area contributed by atoms with Crippen molar-refractivity contribution in [2.45, 2.75) is 6.92 Å². The van der Waals surface area contributed by atoms with Crippen LogP contribution in [0, 0.1) is 6.92 Å². The average molecular weight is 266 g/mol. The molecule has 5 nitrogen and oxygen atoms in total. The Bertz CT molecular complexity index is 752. The number of nitrogens with zero attached hydrogens (tertiary/aromatic N) is 3. The summed E-state index contributed by atoms with van der Waals surface area (Å²) < 4.78 is 5.88. The Kier molecular flexibility index (Phi) is 3.16. The lowest BCUT2D eigenvalue weighted by atomic mass is 10.2. The third kappa shape index (κ3) is 2.38. The Labute approximate surface area is 116 Å². The van der Waals surface area contributed by atoms with E-state index in [1.54, 1.807) is 19.3 Å². The van der Waals surface area contributed by atoms with Crippen LogP contribution in [0.2, 0.25) is 0 Å². The summed E-state index contributed by atoms with van der Waals surface area (Å²) in [6, 6.07) is 11.4. The van der Waals surface area contributed by atoms with E-state index in [1.807, 2.05) is 37.3 Å². The number of anilines is 1. The number of aromatic nitrogens is 3. The molecule has 2 heterocycles. The van der Waals surface area contributed by atoms with Crippen LogP contribution in [0.5, 0.6) is 11.6 Å². The van der Waals surface area contributed by atoms with Crippen molar-refractivity contribution < 1.29 is 4.74 Å². The molecule has 5 heteroatoms. The molecule has 0 spiro atoms. The SMILES string of the molecule is CNc1nc(C)cc(Oc2cccc3ncccc23)n1. The summed E-state index contributed by atoms with van der Waals surface area (Å²) in [5.74, 6) is 1.78. The minimum absolute atomic E-state index is 0.512. The highest BCUT2D eigenvalue weighted by atomic mass is 16.5. The molecule has 3 rings (SSSR count). The molecule has 0 saturated heterocycles. The number of nitrogens with one attached hydrogen (secondary N) is 1. The summed E-state index contributed by atoms with van der Waals surface area (Å²) in [5, 5.41) is 3.87. The zero-order chi connectivity index (χ0) is 13.9. The van der Waals surface area contributed by atoms with Crippen LogP contribution < -0.4 is 10.1 Å². The first-order valence-corrected chi connectivity index (χ1v) is 6.31. The number of fused-ring (bicyclic) bond motifs is 1. The van der Waals surface area contributed by atoms with E-state index in [4.69, 9.17) is 4.74 Å². The maximum atomic E-state index is 5.88. The minimum atomic E-state index is 0.512. The Morgan fingerprint density at radius 1 is 1.10 bits per heavy atom. The van der Waals surface area contributed by atoms with Gasteiger partial charge in [-0.2, -0.15) is 4.98 Å². The lowest BCUT2D eigenvalue weighted by molar-refractivity contribution is 0.467. The van der Waals surface area contributed by atoms with Gasteiger partial charge in [-0.15, -0.1) is 0 Å². The fourth-order valence-electron chi connectivity index (χ4n) is 1.98. The number of benzene rings is 1. The van der Waals surface area contributed by atoms with Crippen molar-refractivity contribution in [2.75, 3.05) is 12.4 Å². The van der Waals surface area contributed by atoms with E-state index in [2.05, 4.69) is 20.3 Å². The van der Waals surface area contributed by atoms with Gasteiger partial charge in [0, 0.05) is 30.4 Å². The summed E-state index contributed by atoms with van der Waals surface area (Å²) in [6.07, 6.45) is 1.76. The summed E-state index contributed by atoms with van der Waals surface area (Å²) in [6.45, 7) is 1.90. The molecule has 0 saturated carbocycles. The number of rotatable bonds is 3. The summed E-state index contributed by atoms with van der Waals surface area (Å²) in [5.41, 5.74) is 1.74. The molecule has 20 heavy (non-hydrogen) atoms. The van der Waals surface area contributed by atoms with Crippen molar-refractivity contribution in [3.05, 3.63) is 48.3 Å². The van der Waals surface area contributed by atoms with Crippen molar-refractivity contribution >= 4 is 16.9 Å². The molecule has 0 aliphatic rings. The minimum Gasteiger partial charge on any atom is -0.438 e. The van der Waals surface area contributed by atoms with Crippen LogP contribution >= 0.6 is 0 Å². The van der Waals surface area contributed by atoms with Crippen LogP contribution in [0.25, 0.3) is 10.9 Å². The number of hydrogen-bond acceptors (Lipinski definition) is 5. The van der Waals surface area contributed by atoms with Gasteiger partial charge < -0.3 is 10.1 Å². The number of ether oxygens (including phenoxy) is 1. The van der Waals surface area contributed by atoms with Gasteiger partial charge in [-0.3, -0.25) is 4.98 Å². The van der Waals surface area contributed by atoms with Gasteiger partial charge in [-0.25, -0.2) is 4.98 Å². The van der Waals surface area contributed by atoms with Gasteiger partial charge in [-0.05, 0) is 31.2 Å². The Balaban J connectivity index is 2.03. The first-order valence-electron chi connectivity index (χ1n) is 6.31. The second-order valence-corrected chi connectivity index (χ2v) is 4.35. The lowest BCUT2D eigenvalue weighted by Crippen LogP contribution is -1.99. The monoisotopic (exact) mass is 266 g/mol. The summed E-state index contributed by atoms with van der Waals surface area (Å²) in [7, 11) is 1.78. The normalized spacial score (nSPS) is 10.5. The molecule has 1 aromatic carbocycles. The number of aryl methyl sites for hydroxylation is 1. The lowest BCUT2D eigenvalue weighted by Gasteiger charge is -2.09. The van der Waals surface area contributed by atoms with E-state index in [0.29, 0.717) is 11.8 Å². The summed E-state index contributed by atoms with van der Waals surface area (Å²) >= 11 is 0. The fourth-order valence-corrected chi connectivity index (χ4v) is 1.98. The van der Waals surface area contributed by atoms with Gasteiger partial charge in [0.1, 0.15) is 5.75 Å². The van der Waals surface area contributed by atoms with Gasteiger partial charge in [0.25, 0.3) is 0 Å². The standard InChI is InChI=1S/C15H14N4O/c1-10-9-14(19-15(16-2)18-10)20-13-7-3-6-12-11(13)5-4-8-17-12/h3-9H,1-2H3,(H,16,18,19). The van der Waals surface area contributed by atoms with E-state index >= 15 is 0 Å². The van der Waals surface area contributed by atoms with Crippen LogP contribution in [0.4, 0.5) is 5.95 Å². The number of pyridine rings is 1. The zero-order valence-corrected chi connectivity index (χ0v) is 11.3. The van der Waals surface area contributed by atoms with Crippen molar-refractivity contribution in [3.63, 3.8) is 0 Å². The third-order valence-corrected chi connectivity index (χ3v) is 2.87. The second-order valence-electron chi connectivity index (χ2n) is 4.35. The van der Waals surface area contributed by atoms with Crippen LogP contribution in [0.1, 0.15) is 5.69 Å². The van der Waals surface area contributed by atoms with Crippen LogP contribution in [0.15, 0.2) is 42.6 Å². The highest BCUT2D eigenvalue weighted by Gasteiger charge is 2.06. The first-order chi connectivity index (χ1) is 9.76. The van der Waals surface area contributed by atoms with Gasteiger partial charge in [-0.1, -0.05) is 6.07 Å². The van der Waals surface area contributed by atoms with Crippen molar-refractivity contribution in [1.82, 2.24) is 15.0 Å². The molecule has 0 unspecified atom stereocenters. The van der Waals surface area contributed by atoms with Gasteiger partial charge in [0.15, 0.2) is 0 Å². The molecule has 0 radical (unpaired) electrons.